The molecular weight excluding hydrogens is 1010 g/mol. The molecule has 0 aromatic heterocycles. The number of rotatable bonds is 70. The lowest BCUT2D eigenvalue weighted by atomic mass is 10.0. The third-order valence-corrected chi connectivity index (χ3v) is 17.4. The van der Waals surface area contributed by atoms with Crippen LogP contribution in [0.1, 0.15) is 412 Å². The third kappa shape index (κ3) is 67.2. The maximum absolute atomic E-state index is 12.5. The van der Waals surface area contributed by atoms with Crippen molar-refractivity contribution in [2.24, 2.45) is 0 Å². The lowest BCUT2D eigenvalue weighted by Gasteiger charge is -2.20. The summed E-state index contributed by atoms with van der Waals surface area (Å²) in [7, 11) is 0. The smallest absolute Gasteiger partial charge is 0.305 e. The average molecular weight is 1150 g/mol. The number of amides is 1. The van der Waals surface area contributed by atoms with Gasteiger partial charge in [-0.25, -0.2) is 0 Å². The molecule has 2 atom stereocenters. The van der Waals surface area contributed by atoms with Crippen LogP contribution in [0, 0.1) is 0 Å². The maximum Gasteiger partial charge on any atom is 0.305 e. The van der Waals surface area contributed by atoms with Crippen LogP contribution in [0.25, 0.3) is 0 Å². The Morgan fingerprint density at radius 3 is 0.976 bits per heavy atom. The second-order valence-corrected chi connectivity index (χ2v) is 25.6. The topological polar surface area (TPSA) is 95.9 Å². The number of aliphatic hydroxyl groups is 2. The molecule has 2 unspecified atom stereocenters. The van der Waals surface area contributed by atoms with Crippen molar-refractivity contribution in [1.29, 1.82) is 0 Å². The molecule has 0 aliphatic carbocycles. The predicted molar refractivity (Wildman–Crippen MR) is 361 cm³/mol. The van der Waals surface area contributed by atoms with Crippen molar-refractivity contribution >= 4 is 11.9 Å². The van der Waals surface area contributed by atoms with Gasteiger partial charge >= 0.3 is 5.97 Å². The Kier molecular flexibility index (Phi) is 69.9. The van der Waals surface area contributed by atoms with Gasteiger partial charge in [-0.1, -0.05) is 378 Å². The molecule has 0 aromatic carbocycles. The minimum atomic E-state index is -0.842. The van der Waals surface area contributed by atoms with Crippen molar-refractivity contribution in [3.8, 4) is 0 Å². The first-order valence-electron chi connectivity index (χ1n) is 37.3. The van der Waals surface area contributed by atoms with Crippen LogP contribution in [0.5, 0.6) is 0 Å². The number of carbonyl (C=O) groups is 2. The first kappa shape index (κ1) is 80.1. The zero-order valence-corrected chi connectivity index (χ0v) is 55.5. The molecule has 6 heteroatoms. The molecule has 0 heterocycles. The van der Waals surface area contributed by atoms with Gasteiger partial charge in [-0.3, -0.25) is 9.59 Å². The predicted octanol–water partition coefficient (Wildman–Crippen LogP) is 24.3. The van der Waals surface area contributed by atoms with E-state index in [9.17, 15) is 19.8 Å². The number of hydrogen-bond donors (Lipinski definition) is 3. The molecular formula is C76H145NO5. The van der Waals surface area contributed by atoms with Gasteiger partial charge in [0.05, 0.1) is 25.4 Å². The van der Waals surface area contributed by atoms with Crippen LogP contribution in [0.3, 0.4) is 0 Å². The number of esters is 1. The fourth-order valence-corrected chi connectivity index (χ4v) is 11.7. The Bertz CT molecular complexity index is 1330. The SMILES string of the molecule is CCC/C=C\C/C=C\CCCCCCCC(=O)OCCCCCCCCCCCCCCCCCCCCCCCCCCCCCCCCCCCC(=O)NC(CO)C(O)/C=C/CCCCCCCCCCCCCCCCCCC. The molecule has 82 heavy (non-hydrogen) atoms. The van der Waals surface area contributed by atoms with Gasteiger partial charge in [0.25, 0.3) is 0 Å². The van der Waals surface area contributed by atoms with Crippen molar-refractivity contribution in [1.82, 2.24) is 5.32 Å². The van der Waals surface area contributed by atoms with Crippen molar-refractivity contribution in [3.63, 3.8) is 0 Å². The first-order chi connectivity index (χ1) is 40.5. The van der Waals surface area contributed by atoms with Crippen LogP contribution >= 0.6 is 0 Å². The number of allylic oxidation sites excluding steroid dienone is 5. The van der Waals surface area contributed by atoms with Gasteiger partial charge in [0.15, 0.2) is 0 Å². The molecule has 0 saturated carbocycles. The summed E-state index contributed by atoms with van der Waals surface area (Å²) in [6, 6.07) is -0.625. The van der Waals surface area contributed by atoms with Gasteiger partial charge in [-0.2, -0.15) is 0 Å². The van der Waals surface area contributed by atoms with Crippen LogP contribution in [-0.4, -0.2) is 47.4 Å². The van der Waals surface area contributed by atoms with Gasteiger partial charge in [0.2, 0.25) is 5.91 Å². The van der Waals surface area contributed by atoms with E-state index >= 15 is 0 Å². The highest BCUT2D eigenvalue weighted by Crippen LogP contribution is 2.19. The molecule has 6 nitrogen and oxygen atoms in total. The molecule has 0 aliphatic rings. The molecule has 0 fully saturated rings. The van der Waals surface area contributed by atoms with Gasteiger partial charge in [0, 0.05) is 12.8 Å². The Morgan fingerprint density at radius 2 is 0.634 bits per heavy atom. The zero-order chi connectivity index (χ0) is 59.2. The van der Waals surface area contributed by atoms with E-state index in [1.807, 2.05) is 6.08 Å². The summed E-state index contributed by atoms with van der Waals surface area (Å²) in [5.74, 6) is -0.0531. The molecule has 0 saturated heterocycles. The van der Waals surface area contributed by atoms with Crippen LogP contribution < -0.4 is 5.32 Å². The van der Waals surface area contributed by atoms with Gasteiger partial charge < -0.3 is 20.3 Å². The van der Waals surface area contributed by atoms with Gasteiger partial charge in [-0.05, 0) is 57.8 Å². The van der Waals surface area contributed by atoms with Crippen molar-refractivity contribution in [2.75, 3.05) is 13.2 Å². The largest absolute Gasteiger partial charge is 0.466 e. The first-order valence-corrected chi connectivity index (χ1v) is 37.3. The lowest BCUT2D eigenvalue weighted by molar-refractivity contribution is -0.143. The van der Waals surface area contributed by atoms with E-state index in [-0.39, 0.29) is 18.5 Å². The molecule has 0 rings (SSSR count). The Morgan fingerprint density at radius 1 is 0.341 bits per heavy atom. The summed E-state index contributed by atoms with van der Waals surface area (Å²) in [4.78, 5) is 24.6. The molecule has 0 aromatic rings. The highest BCUT2D eigenvalue weighted by molar-refractivity contribution is 5.76. The van der Waals surface area contributed by atoms with Crippen molar-refractivity contribution in [3.05, 3.63) is 36.5 Å². The Labute approximate surface area is 513 Å². The molecule has 484 valence electrons. The van der Waals surface area contributed by atoms with E-state index < -0.39 is 12.1 Å². The number of unbranched alkanes of at least 4 members (excludes halogenated alkanes) is 55. The maximum atomic E-state index is 12.5. The van der Waals surface area contributed by atoms with E-state index in [2.05, 4.69) is 43.5 Å². The van der Waals surface area contributed by atoms with Gasteiger partial charge in [0.1, 0.15) is 0 Å². The molecule has 0 aliphatic heterocycles. The molecule has 0 spiro atoms. The summed E-state index contributed by atoms with van der Waals surface area (Å²) in [5.41, 5.74) is 0. The average Bonchev–Trinajstić information content (AvgIpc) is 3.48. The third-order valence-electron chi connectivity index (χ3n) is 17.4. The highest BCUT2D eigenvalue weighted by atomic mass is 16.5. The van der Waals surface area contributed by atoms with Gasteiger partial charge in [-0.15, -0.1) is 0 Å². The van der Waals surface area contributed by atoms with E-state index in [1.54, 1.807) is 6.08 Å². The zero-order valence-electron chi connectivity index (χ0n) is 55.5. The molecule has 0 bridgehead atoms. The number of hydrogen-bond acceptors (Lipinski definition) is 5. The summed E-state index contributed by atoms with van der Waals surface area (Å²) >= 11 is 0. The molecule has 1 amide bonds. The van der Waals surface area contributed by atoms with E-state index in [0.29, 0.717) is 19.4 Å². The second kappa shape index (κ2) is 71.6. The summed E-state index contributed by atoms with van der Waals surface area (Å²) in [6.45, 7) is 4.87. The number of nitrogens with one attached hydrogen (secondary N) is 1. The van der Waals surface area contributed by atoms with E-state index in [4.69, 9.17) is 4.74 Å². The fourth-order valence-electron chi connectivity index (χ4n) is 11.7. The van der Waals surface area contributed by atoms with E-state index in [1.165, 1.54) is 334 Å². The quantitative estimate of drug-likeness (QED) is 0.0320. The van der Waals surface area contributed by atoms with Crippen LogP contribution in [0.4, 0.5) is 0 Å². The summed E-state index contributed by atoms with van der Waals surface area (Å²) in [5, 5.41) is 23.2. The Hall–Kier alpha value is -1.92. The van der Waals surface area contributed by atoms with E-state index in [0.717, 1.165) is 51.4 Å². The molecule has 0 radical (unpaired) electrons. The standard InChI is InChI=1S/C76H145NO5/c1-3-5-7-9-11-13-15-17-18-19-35-38-41-45-48-52-56-60-64-68-74(79)73(72-78)77-75(80)69-65-61-57-53-49-46-42-39-36-33-31-29-27-25-23-21-20-22-24-26-28-30-32-34-37-40-43-47-51-55-59-63-67-71-82-76(81)70-66-62-58-54-50-44-16-14-12-10-8-6-4-2/h8,10,14,16,64,68,73-74,78-79H,3-7,9,11-13,15,17-63,65-67,69-72H2,1-2H3,(H,77,80)/b10-8-,16-14-,68-64+. The van der Waals surface area contributed by atoms with Crippen LogP contribution in [0.15, 0.2) is 36.5 Å². The minimum absolute atomic E-state index is 0.00642. The van der Waals surface area contributed by atoms with Crippen LogP contribution in [-0.2, 0) is 14.3 Å². The minimum Gasteiger partial charge on any atom is -0.466 e. The summed E-state index contributed by atoms with van der Waals surface area (Å²) in [6.07, 6.45) is 92.5. The Balaban J connectivity index is 3.34. The normalized spacial score (nSPS) is 12.7. The lowest BCUT2D eigenvalue weighted by Crippen LogP contribution is -2.45. The van der Waals surface area contributed by atoms with Crippen LogP contribution in [0.2, 0.25) is 0 Å². The summed E-state index contributed by atoms with van der Waals surface area (Å²) < 4.78 is 5.48. The van der Waals surface area contributed by atoms with Crippen molar-refractivity contribution < 1.29 is 24.5 Å². The number of ether oxygens (including phenoxy) is 1. The van der Waals surface area contributed by atoms with Crippen molar-refractivity contribution in [2.45, 2.75) is 424 Å². The highest BCUT2D eigenvalue weighted by Gasteiger charge is 2.18. The monoisotopic (exact) mass is 1150 g/mol. The number of aliphatic hydroxyl groups excluding tert-OH is 2. The second-order valence-electron chi connectivity index (χ2n) is 25.6. The number of carbonyl (C=O) groups excluding carboxylic acids is 2. The fraction of sp³-hybridized carbons (Fsp3) is 0.895. The molecule has 3 N–H and O–H groups in total.